The van der Waals surface area contributed by atoms with Crippen molar-refractivity contribution in [2.45, 2.75) is 12.8 Å². The quantitative estimate of drug-likeness (QED) is 0.715. The van der Waals surface area contributed by atoms with Crippen LogP contribution < -0.4 is 10.2 Å². The summed E-state index contributed by atoms with van der Waals surface area (Å²) in [6, 6.07) is 16.4. The van der Waals surface area contributed by atoms with E-state index in [0.717, 1.165) is 35.2 Å². The number of nitrogens with zero attached hydrogens (tertiary/aromatic N) is 2. The molecule has 2 aromatic carbocycles. The Bertz CT molecular complexity index is 889. The Morgan fingerprint density at radius 1 is 1.04 bits per heavy atom. The SMILES string of the molecule is Cn1cc(C(=O)CNc2ccc(N3CCCC3)cc2)c2ccccc21. The Balaban J connectivity index is 1.44. The molecule has 25 heavy (non-hydrogen) atoms. The Kier molecular flexibility index (Phi) is 4.18. The van der Waals surface area contributed by atoms with Crippen LogP contribution in [0.25, 0.3) is 10.9 Å². The molecule has 4 rings (SSSR count). The summed E-state index contributed by atoms with van der Waals surface area (Å²) in [6.07, 6.45) is 4.48. The first-order valence-electron chi connectivity index (χ1n) is 8.88. The number of rotatable bonds is 5. The number of anilines is 2. The third-order valence-electron chi connectivity index (χ3n) is 4.99. The van der Waals surface area contributed by atoms with Crippen molar-refractivity contribution >= 4 is 28.1 Å². The smallest absolute Gasteiger partial charge is 0.184 e. The van der Waals surface area contributed by atoms with E-state index in [-0.39, 0.29) is 5.78 Å². The molecule has 1 N–H and O–H groups in total. The van der Waals surface area contributed by atoms with E-state index in [1.807, 2.05) is 42.1 Å². The molecule has 0 amide bonds. The molecule has 0 radical (unpaired) electrons. The van der Waals surface area contributed by atoms with E-state index >= 15 is 0 Å². The van der Waals surface area contributed by atoms with Gasteiger partial charge in [0.15, 0.2) is 5.78 Å². The van der Waals surface area contributed by atoms with Crippen molar-refractivity contribution in [3.8, 4) is 0 Å². The molecule has 1 aromatic heterocycles. The number of Topliss-reactive ketones (excluding diaryl/α,β-unsaturated/α-hetero) is 1. The molecule has 0 saturated carbocycles. The van der Waals surface area contributed by atoms with Crippen LogP contribution in [0.15, 0.2) is 54.7 Å². The fourth-order valence-corrected chi connectivity index (χ4v) is 3.61. The lowest BCUT2D eigenvalue weighted by Crippen LogP contribution is -2.17. The lowest BCUT2D eigenvalue weighted by Gasteiger charge is -2.17. The summed E-state index contributed by atoms with van der Waals surface area (Å²) < 4.78 is 2.01. The molecule has 0 aliphatic carbocycles. The zero-order valence-corrected chi connectivity index (χ0v) is 14.5. The molecule has 1 aliphatic rings. The first-order chi connectivity index (χ1) is 12.2. The number of carbonyl (C=O) groups excluding carboxylic acids is 1. The fraction of sp³-hybridized carbons (Fsp3) is 0.286. The summed E-state index contributed by atoms with van der Waals surface area (Å²) in [5, 5.41) is 4.27. The molecular weight excluding hydrogens is 310 g/mol. The van der Waals surface area contributed by atoms with Gasteiger partial charge in [-0.3, -0.25) is 4.79 Å². The van der Waals surface area contributed by atoms with Crippen molar-refractivity contribution in [2.24, 2.45) is 7.05 Å². The van der Waals surface area contributed by atoms with E-state index < -0.39 is 0 Å². The predicted octanol–water partition coefficient (Wildman–Crippen LogP) is 4.07. The normalized spacial score (nSPS) is 14.2. The second-order valence-electron chi connectivity index (χ2n) is 6.69. The Morgan fingerprint density at radius 2 is 1.76 bits per heavy atom. The second-order valence-corrected chi connectivity index (χ2v) is 6.69. The van der Waals surface area contributed by atoms with Crippen molar-refractivity contribution in [1.82, 2.24) is 4.57 Å². The lowest BCUT2D eigenvalue weighted by atomic mass is 10.1. The van der Waals surface area contributed by atoms with Crippen LogP contribution in [0.2, 0.25) is 0 Å². The molecule has 0 bridgehead atoms. The highest BCUT2D eigenvalue weighted by Crippen LogP contribution is 2.23. The maximum atomic E-state index is 12.6. The number of hydrogen-bond donors (Lipinski definition) is 1. The number of benzene rings is 2. The van der Waals surface area contributed by atoms with Crippen LogP contribution >= 0.6 is 0 Å². The van der Waals surface area contributed by atoms with Gasteiger partial charge in [-0.1, -0.05) is 18.2 Å². The van der Waals surface area contributed by atoms with Crippen LogP contribution in [-0.2, 0) is 7.05 Å². The van der Waals surface area contributed by atoms with Crippen molar-refractivity contribution in [1.29, 1.82) is 0 Å². The molecule has 1 fully saturated rings. The van der Waals surface area contributed by atoms with Gasteiger partial charge in [-0.05, 0) is 43.2 Å². The highest BCUT2D eigenvalue weighted by molar-refractivity contribution is 6.09. The summed E-state index contributed by atoms with van der Waals surface area (Å²) in [5.74, 6) is 0.111. The van der Waals surface area contributed by atoms with Gasteiger partial charge in [0.1, 0.15) is 0 Å². The van der Waals surface area contributed by atoms with Crippen LogP contribution in [0.1, 0.15) is 23.2 Å². The summed E-state index contributed by atoms with van der Waals surface area (Å²) in [6.45, 7) is 2.59. The van der Waals surface area contributed by atoms with Gasteiger partial charge in [-0.2, -0.15) is 0 Å². The molecule has 0 atom stereocenters. The first-order valence-corrected chi connectivity index (χ1v) is 8.88. The van der Waals surface area contributed by atoms with Crippen molar-refractivity contribution < 1.29 is 4.79 Å². The van der Waals surface area contributed by atoms with E-state index in [1.165, 1.54) is 18.5 Å². The Labute approximate surface area is 148 Å². The summed E-state index contributed by atoms with van der Waals surface area (Å²) >= 11 is 0. The van der Waals surface area contributed by atoms with Crippen molar-refractivity contribution in [3.05, 3.63) is 60.3 Å². The number of ketones is 1. The molecule has 0 unspecified atom stereocenters. The number of aryl methyl sites for hydroxylation is 1. The fourth-order valence-electron chi connectivity index (χ4n) is 3.61. The van der Waals surface area contributed by atoms with Crippen molar-refractivity contribution in [3.63, 3.8) is 0 Å². The minimum atomic E-state index is 0.111. The third kappa shape index (κ3) is 3.12. The zero-order valence-electron chi connectivity index (χ0n) is 14.5. The summed E-state index contributed by atoms with van der Waals surface area (Å²) in [4.78, 5) is 15.0. The number of para-hydroxylation sites is 1. The lowest BCUT2D eigenvalue weighted by molar-refractivity contribution is 0.101. The van der Waals surface area contributed by atoms with E-state index in [2.05, 4.69) is 34.5 Å². The number of fused-ring (bicyclic) bond motifs is 1. The van der Waals surface area contributed by atoms with Gasteiger partial charge in [-0.25, -0.2) is 0 Å². The van der Waals surface area contributed by atoms with E-state index in [0.29, 0.717) is 6.54 Å². The highest BCUT2D eigenvalue weighted by Gasteiger charge is 2.14. The van der Waals surface area contributed by atoms with Crippen LogP contribution in [0.5, 0.6) is 0 Å². The molecule has 1 aliphatic heterocycles. The molecule has 4 nitrogen and oxygen atoms in total. The predicted molar refractivity (Wildman–Crippen MR) is 104 cm³/mol. The molecule has 4 heteroatoms. The standard InChI is InChI=1S/C21H23N3O/c1-23-15-19(18-6-2-3-7-20(18)23)21(25)14-22-16-8-10-17(11-9-16)24-12-4-5-13-24/h2-3,6-11,15,22H,4-5,12-14H2,1H3. The largest absolute Gasteiger partial charge is 0.378 e. The van der Waals surface area contributed by atoms with E-state index in [4.69, 9.17) is 0 Å². The van der Waals surface area contributed by atoms with Crippen LogP contribution in [-0.4, -0.2) is 30.0 Å². The molecule has 128 valence electrons. The number of aromatic nitrogens is 1. The van der Waals surface area contributed by atoms with Crippen LogP contribution in [0.4, 0.5) is 11.4 Å². The van der Waals surface area contributed by atoms with Crippen molar-refractivity contribution in [2.75, 3.05) is 29.9 Å². The average molecular weight is 333 g/mol. The molecule has 3 aromatic rings. The zero-order chi connectivity index (χ0) is 17.2. The molecule has 2 heterocycles. The Morgan fingerprint density at radius 3 is 2.52 bits per heavy atom. The number of carbonyl (C=O) groups is 1. The molecule has 1 saturated heterocycles. The van der Waals surface area contributed by atoms with E-state index in [9.17, 15) is 4.79 Å². The average Bonchev–Trinajstić information content (AvgIpc) is 3.29. The third-order valence-corrected chi connectivity index (χ3v) is 4.99. The van der Waals surface area contributed by atoms with Gasteiger partial charge >= 0.3 is 0 Å². The van der Waals surface area contributed by atoms with Gasteiger partial charge in [0.05, 0.1) is 6.54 Å². The first kappa shape index (κ1) is 15.8. The van der Waals surface area contributed by atoms with Crippen LogP contribution in [0, 0.1) is 0 Å². The van der Waals surface area contributed by atoms with Gasteiger partial charge in [0.2, 0.25) is 0 Å². The maximum absolute atomic E-state index is 12.6. The van der Waals surface area contributed by atoms with E-state index in [1.54, 1.807) is 0 Å². The van der Waals surface area contributed by atoms with Gasteiger partial charge < -0.3 is 14.8 Å². The summed E-state index contributed by atoms with van der Waals surface area (Å²) in [5.41, 5.74) is 4.11. The van der Waals surface area contributed by atoms with Gasteiger partial charge in [-0.15, -0.1) is 0 Å². The number of nitrogens with one attached hydrogen (secondary N) is 1. The maximum Gasteiger partial charge on any atom is 0.184 e. The van der Waals surface area contributed by atoms with Crippen LogP contribution in [0.3, 0.4) is 0 Å². The Hall–Kier alpha value is -2.75. The second kappa shape index (κ2) is 6.63. The monoisotopic (exact) mass is 333 g/mol. The highest BCUT2D eigenvalue weighted by atomic mass is 16.1. The molecular formula is C21H23N3O. The van der Waals surface area contributed by atoms with Gasteiger partial charge in [0, 0.05) is 54.2 Å². The topological polar surface area (TPSA) is 37.3 Å². The molecule has 0 spiro atoms. The number of hydrogen-bond acceptors (Lipinski definition) is 3. The minimum Gasteiger partial charge on any atom is -0.378 e. The van der Waals surface area contributed by atoms with Gasteiger partial charge in [0.25, 0.3) is 0 Å². The summed E-state index contributed by atoms with van der Waals surface area (Å²) in [7, 11) is 1.98. The minimum absolute atomic E-state index is 0.111.